The number of carbonyl (C=O) groups excluding carboxylic acids is 1. The standard InChI is InChI=1S/C16H21N5OS/c22-14(21-16-20-12-6-4-7-13(12)23-16)8-2-1-3-9-17-15-18-10-5-11-19-15/h5,10-11H,1-4,6-9H2,(H,17,18,19)(H,20,21,22). The minimum absolute atomic E-state index is 0.0665. The van der Waals surface area contributed by atoms with E-state index >= 15 is 0 Å². The molecule has 0 aliphatic heterocycles. The average Bonchev–Trinajstić information content (AvgIpc) is 3.13. The quantitative estimate of drug-likeness (QED) is 0.727. The molecule has 7 heteroatoms. The molecule has 0 saturated carbocycles. The molecule has 2 N–H and O–H groups in total. The lowest BCUT2D eigenvalue weighted by molar-refractivity contribution is -0.116. The fraction of sp³-hybridized carbons (Fsp3) is 0.500. The van der Waals surface area contributed by atoms with E-state index in [1.807, 2.05) is 0 Å². The number of aryl methyl sites for hydroxylation is 2. The number of rotatable bonds is 8. The van der Waals surface area contributed by atoms with Crippen LogP contribution in [0, 0.1) is 0 Å². The van der Waals surface area contributed by atoms with E-state index in [1.165, 1.54) is 17.0 Å². The third kappa shape index (κ3) is 4.72. The zero-order chi connectivity index (χ0) is 15.9. The molecule has 1 aliphatic carbocycles. The Morgan fingerprint density at radius 1 is 1.17 bits per heavy atom. The van der Waals surface area contributed by atoms with Crippen LogP contribution < -0.4 is 10.6 Å². The number of unbranched alkanes of at least 4 members (excludes halogenated alkanes) is 2. The van der Waals surface area contributed by atoms with Gasteiger partial charge in [-0.25, -0.2) is 15.0 Å². The summed E-state index contributed by atoms with van der Waals surface area (Å²) < 4.78 is 0. The Labute approximate surface area is 139 Å². The SMILES string of the molecule is O=C(CCCCCNc1ncccn1)Nc1nc2c(s1)CCC2. The molecule has 0 unspecified atom stereocenters. The van der Waals surface area contributed by atoms with E-state index in [4.69, 9.17) is 0 Å². The van der Waals surface area contributed by atoms with E-state index in [-0.39, 0.29) is 5.91 Å². The topological polar surface area (TPSA) is 79.8 Å². The molecule has 0 spiro atoms. The van der Waals surface area contributed by atoms with Gasteiger partial charge in [0.15, 0.2) is 5.13 Å². The van der Waals surface area contributed by atoms with Crippen LogP contribution in [-0.2, 0) is 17.6 Å². The summed E-state index contributed by atoms with van der Waals surface area (Å²) >= 11 is 1.63. The molecule has 122 valence electrons. The molecular weight excluding hydrogens is 310 g/mol. The first-order valence-corrected chi connectivity index (χ1v) is 8.92. The summed E-state index contributed by atoms with van der Waals surface area (Å²) in [4.78, 5) is 25.9. The van der Waals surface area contributed by atoms with Crippen molar-refractivity contribution in [3.63, 3.8) is 0 Å². The van der Waals surface area contributed by atoms with Crippen molar-refractivity contribution in [1.29, 1.82) is 0 Å². The second-order valence-electron chi connectivity index (χ2n) is 5.60. The maximum Gasteiger partial charge on any atom is 0.226 e. The lowest BCUT2D eigenvalue weighted by Gasteiger charge is -2.04. The molecule has 23 heavy (non-hydrogen) atoms. The van der Waals surface area contributed by atoms with E-state index in [0.29, 0.717) is 12.4 Å². The first-order chi connectivity index (χ1) is 11.3. The fourth-order valence-corrected chi connectivity index (χ4v) is 3.67. The van der Waals surface area contributed by atoms with Crippen LogP contribution in [0.5, 0.6) is 0 Å². The Hall–Kier alpha value is -2.02. The second kappa shape index (κ2) is 8.01. The number of amides is 1. The van der Waals surface area contributed by atoms with E-state index < -0.39 is 0 Å². The van der Waals surface area contributed by atoms with Crippen LogP contribution in [0.25, 0.3) is 0 Å². The summed E-state index contributed by atoms with van der Waals surface area (Å²) in [5.74, 6) is 0.721. The molecule has 2 heterocycles. The van der Waals surface area contributed by atoms with Crippen molar-refractivity contribution >= 4 is 28.3 Å². The van der Waals surface area contributed by atoms with Crippen molar-refractivity contribution in [2.75, 3.05) is 17.2 Å². The van der Waals surface area contributed by atoms with Gasteiger partial charge in [-0.1, -0.05) is 6.42 Å². The third-order valence-corrected chi connectivity index (χ3v) is 4.84. The summed E-state index contributed by atoms with van der Waals surface area (Å²) in [6.07, 6.45) is 10.2. The first-order valence-electron chi connectivity index (χ1n) is 8.10. The van der Waals surface area contributed by atoms with Gasteiger partial charge in [0.05, 0.1) is 5.69 Å². The fourth-order valence-electron chi connectivity index (χ4n) is 2.60. The molecule has 0 aromatic carbocycles. The van der Waals surface area contributed by atoms with E-state index in [2.05, 4.69) is 25.6 Å². The minimum Gasteiger partial charge on any atom is -0.354 e. The number of thiazole rings is 1. The van der Waals surface area contributed by atoms with Gasteiger partial charge >= 0.3 is 0 Å². The van der Waals surface area contributed by atoms with Crippen LogP contribution in [0.2, 0.25) is 0 Å². The number of hydrogen-bond acceptors (Lipinski definition) is 6. The summed E-state index contributed by atoms with van der Waals surface area (Å²) in [6.45, 7) is 0.824. The van der Waals surface area contributed by atoms with Gasteiger partial charge in [0.2, 0.25) is 11.9 Å². The van der Waals surface area contributed by atoms with Crippen LogP contribution in [0.15, 0.2) is 18.5 Å². The highest BCUT2D eigenvalue weighted by molar-refractivity contribution is 7.15. The van der Waals surface area contributed by atoms with Gasteiger partial charge in [0, 0.05) is 30.2 Å². The van der Waals surface area contributed by atoms with Gasteiger partial charge < -0.3 is 10.6 Å². The number of hydrogen-bond donors (Lipinski definition) is 2. The Morgan fingerprint density at radius 3 is 2.87 bits per heavy atom. The van der Waals surface area contributed by atoms with E-state index in [9.17, 15) is 4.79 Å². The highest BCUT2D eigenvalue weighted by atomic mass is 32.1. The number of carbonyl (C=O) groups is 1. The average molecular weight is 331 g/mol. The van der Waals surface area contributed by atoms with E-state index in [1.54, 1.807) is 29.8 Å². The monoisotopic (exact) mass is 331 g/mol. The minimum atomic E-state index is 0.0665. The summed E-state index contributed by atoms with van der Waals surface area (Å²) in [6, 6.07) is 1.79. The number of nitrogens with one attached hydrogen (secondary N) is 2. The highest BCUT2D eigenvalue weighted by Crippen LogP contribution is 2.30. The van der Waals surface area contributed by atoms with Gasteiger partial charge in [-0.05, 0) is 38.2 Å². The lowest BCUT2D eigenvalue weighted by atomic mass is 10.2. The number of fused-ring (bicyclic) bond motifs is 1. The van der Waals surface area contributed by atoms with Crippen molar-refractivity contribution in [2.24, 2.45) is 0 Å². The van der Waals surface area contributed by atoms with Gasteiger partial charge in [-0.15, -0.1) is 11.3 Å². The molecule has 0 saturated heterocycles. The Bertz CT molecular complexity index is 622. The lowest BCUT2D eigenvalue weighted by Crippen LogP contribution is -2.11. The normalized spacial score (nSPS) is 12.9. The van der Waals surface area contributed by atoms with Crippen molar-refractivity contribution in [1.82, 2.24) is 15.0 Å². The van der Waals surface area contributed by atoms with Crippen LogP contribution in [0.4, 0.5) is 11.1 Å². The number of nitrogens with zero attached hydrogens (tertiary/aromatic N) is 3. The van der Waals surface area contributed by atoms with Gasteiger partial charge in [0.1, 0.15) is 0 Å². The molecule has 0 radical (unpaired) electrons. The molecule has 6 nitrogen and oxygen atoms in total. The summed E-state index contributed by atoms with van der Waals surface area (Å²) in [7, 11) is 0. The molecule has 2 aromatic rings. The molecular formula is C16H21N5OS. The van der Waals surface area contributed by atoms with E-state index in [0.717, 1.165) is 43.8 Å². The summed E-state index contributed by atoms with van der Waals surface area (Å²) in [5.41, 5.74) is 1.18. The maximum atomic E-state index is 11.9. The smallest absolute Gasteiger partial charge is 0.226 e. The van der Waals surface area contributed by atoms with Crippen LogP contribution in [-0.4, -0.2) is 27.4 Å². The molecule has 0 fully saturated rings. The molecule has 1 aliphatic rings. The zero-order valence-corrected chi connectivity index (χ0v) is 13.9. The molecule has 0 bridgehead atoms. The van der Waals surface area contributed by atoms with Crippen LogP contribution in [0.1, 0.15) is 42.7 Å². The van der Waals surface area contributed by atoms with Crippen molar-refractivity contribution in [3.8, 4) is 0 Å². The Morgan fingerprint density at radius 2 is 2.04 bits per heavy atom. The summed E-state index contributed by atoms with van der Waals surface area (Å²) in [5, 5.41) is 6.85. The van der Waals surface area contributed by atoms with Crippen molar-refractivity contribution < 1.29 is 4.79 Å². The van der Waals surface area contributed by atoms with Gasteiger partial charge in [-0.2, -0.15) is 0 Å². The van der Waals surface area contributed by atoms with Crippen molar-refractivity contribution in [2.45, 2.75) is 44.9 Å². The molecule has 3 rings (SSSR count). The van der Waals surface area contributed by atoms with Crippen LogP contribution >= 0.6 is 11.3 Å². The third-order valence-electron chi connectivity index (χ3n) is 3.77. The number of aromatic nitrogens is 3. The Balaban J connectivity index is 1.27. The zero-order valence-electron chi connectivity index (χ0n) is 13.0. The molecule has 1 amide bonds. The second-order valence-corrected chi connectivity index (χ2v) is 6.68. The predicted octanol–water partition coefficient (Wildman–Crippen LogP) is 3.03. The first kappa shape index (κ1) is 15.9. The van der Waals surface area contributed by atoms with Gasteiger partial charge in [0.25, 0.3) is 0 Å². The van der Waals surface area contributed by atoms with Crippen LogP contribution in [0.3, 0.4) is 0 Å². The Kier molecular flexibility index (Phi) is 5.52. The largest absolute Gasteiger partial charge is 0.354 e. The van der Waals surface area contributed by atoms with Crippen molar-refractivity contribution in [3.05, 3.63) is 29.0 Å². The molecule has 2 aromatic heterocycles. The van der Waals surface area contributed by atoms with Gasteiger partial charge in [-0.3, -0.25) is 4.79 Å². The highest BCUT2D eigenvalue weighted by Gasteiger charge is 2.17. The maximum absolute atomic E-state index is 11.9. The molecule has 0 atom stereocenters. The predicted molar refractivity (Wildman–Crippen MR) is 91.8 cm³/mol. The number of anilines is 2.